The van der Waals surface area contributed by atoms with Gasteiger partial charge in [0, 0.05) is 60.6 Å². The normalized spacial score (nSPS) is 16.6. The van der Waals surface area contributed by atoms with Gasteiger partial charge >= 0.3 is 0 Å². The van der Waals surface area contributed by atoms with E-state index in [9.17, 15) is 13.6 Å². The van der Waals surface area contributed by atoms with Gasteiger partial charge in [0.15, 0.2) is 11.6 Å². The molecule has 0 radical (unpaired) electrons. The fraction of sp³-hybridized carbons (Fsp3) is 0.360. The lowest BCUT2D eigenvalue weighted by atomic mass is 9.86. The second kappa shape index (κ2) is 8.94. The van der Waals surface area contributed by atoms with Crippen LogP contribution in [0.15, 0.2) is 36.7 Å². The number of rotatable bonds is 4. The van der Waals surface area contributed by atoms with Gasteiger partial charge in [0.1, 0.15) is 5.82 Å². The minimum Gasteiger partial charge on any atom is -0.322 e. The summed E-state index contributed by atoms with van der Waals surface area (Å²) in [5.74, 6) is -1.50. The van der Waals surface area contributed by atoms with Crippen LogP contribution < -0.4 is 5.32 Å². The van der Waals surface area contributed by atoms with E-state index in [1.165, 1.54) is 6.07 Å². The number of amides is 1. The van der Waals surface area contributed by atoms with Crippen molar-refractivity contribution in [3.8, 4) is 0 Å². The Labute approximate surface area is 191 Å². The number of hydrogen-bond donors (Lipinski definition) is 1. The van der Waals surface area contributed by atoms with E-state index in [0.717, 1.165) is 79.1 Å². The molecule has 0 bridgehead atoms. The largest absolute Gasteiger partial charge is 0.322 e. The SMILES string of the molecule is CC(c1ncccn1)N1CCc2nc3c(c(C(=O)Nc4ccc(F)c(F)c4)c2C1)CCCC3. The van der Waals surface area contributed by atoms with Gasteiger partial charge in [-0.25, -0.2) is 18.7 Å². The zero-order valence-corrected chi connectivity index (χ0v) is 18.4. The van der Waals surface area contributed by atoms with Gasteiger partial charge in [0.25, 0.3) is 5.91 Å². The Hall–Kier alpha value is -3.26. The van der Waals surface area contributed by atoms with Gasteiger partial charge in [0.2, 0.25) is 0 Å². The quantitative estimate of drug-likeness (QED) is 0.639. The van der Waals surface area contributed by atoms with Crippen LogP contribution in [-0.2, 0) is 25.8 Å². The summed E-state index contributed by atoms with van der Waals surface area (Å²) in [4.78, 5) is 29.5. The number of pyridine rings is 1. The van der Waals surface area contributed by atoms with E-state index in [0.29, 0.717) is 12.1 Å². The smallest absolute Gasteiger partial charge is 0.256 e. The molecule has 1 aromatic carbocycles. The summed E-state index contributed by atoms with van der Waals surface area (Å²) in [6.07, 6.45) is 7.88. The van der Waals surface area contributed by atoms with Crippen molar-refractivity contribution in [2.24, 2.45) is 0 Å². The number of aryl methyl sites for hydroxylation is 1. The molecule has 8 heteroatoms. The lowest BCUT2D eigenvalue weighted by molar-refractivity contribution is 0.102. The van der Waals surface area contributed by atoms with E-state index < -0.39 is 11.6 Å². The van der Waals surface area contributed by atoms with Crippen molar-refractivity contribution >= 4 is 11.6 Å². The van der Waals surface area contributed by atoms with Crippen LogP contribution >= 0.6 is 0 Å². The van der Waals surface area contributed by atoms with Gasteiger partial charge in [0.05, 0.1) is 11.6 Å². The van der Waals surface area contributed by atoms with Gasteiger partial charge in [-0.05, 0) is 56.4 Å². The molecule has 33 heavy (non-hydrogen) atoms. The van der Waals surface area contributed by atoms with Crippen molar-refractivity contribution in [1.29, 1.82) is 0 Å². The third kappa shape index (κ3) is 4.23. The third-order valence-electron chi connectivity index (χ3n) is 6.57. The van der Waals surface area contributed by atoms with Crippen LogP contribution in [0.25, 0.3) is 0 Å². The topological polar surface area (TPSA) is 71.0 Å². The Morgan fingerprint density at radius 3 is 2.58 bits per heavy atom. The number of halogens is 2. The Balaban J connectivity index is 1.51. The number of carbonyl (C=O) groups is 1. The van der Waals surface area contributed by atoms with Crippen molar-refractivity contribution in [2.75, 3.05) is 11.9 Å². The van der Waals surface area contributed by atoms with Crippen LogP contribution in [0.3, 0.4) is 0 Å². The Kier molecular flexibility index (Phi) is 5.85. The molecule has 1 aliphatic heterocycles. The lowest BCUT2D eigenvalue weighted by Crippen LogP contribution is -2.36. The minimum absolute atomic E-state index is 0.0162. The summed E-state index contributed by atoms with van der Waals surface area (Å²) in [6, 6.07) is 5.17. The van der Waals surface area contributed by atoms with Crippen molar-refractivity contribution in [3.63, 3.8) is 0 Å². The van der Waals surface area contributed by atoms with E-state index in [2.05, 4.69) is 27.1 Å². The highest BCUT2D eigenvalue weighted by atomic mass is 19.2. The molecule has 0 saturated carbocycles. The standard InChI is InChI=1S/C25H25F2N5O/c1-15(24-28-10-4-11-29-24)32-12-9-22-18(14-32)23(17-5-2-3-6-21(17)31-22)25(33)30-16-7-8-19(26)20(27)13-16/h4,7-8,10-11,13,15H,2-3,5-6,9,12,14H2,1H3,(H,30,33). The van der Waals surface area contributed by atoms with Crippen molar-refractivity contribution in [3.05, 3.63) is 82.2 Å². The maximum absolute atomic E-state index is 13.7. The molecule has 6 nitrogen and oxygen atoms in total. The van der Waals surface area contributed by atoms with Gasteiger partial charge in [-0.1, -0.05) is 0 Å². The van der Waals surface area contributed by atoms with Crippen molar-refractivity contribution in [1.82, 2.24) is 19.9 Å². The maximum atomic E-state index is 13.7. The van der Waals surface area contributed by atoms with Gasteiger partial charge in [-0.15, -0.1) is 0 Å². The molecular formula is C25H25F2N5O. The number of aromatic nitrogens is 3. The molecule has 1 N–H and O–H groups in total. The molecule has 2 aromatic heterocycles. The Morgan fingerprint density at radius 1 is 1.03 bits per heavy atom. The molecule has 3 aromatic rings. The summed E-state index contributed by atoms with van der Waals surface area (Å²) in [6.45, 7) is 3.41. The fourth-order valence-electron chi connectivity index (χ4n) is 4.81. The molecule has 1 unspecified atom stereocenters. The van der Waals surface area contributed by atoms with Gasteiger partial charge in [-0.3, -0.25) is 14.7 Å². The number of hydrogen-bond acceptors (Lipinski definition) is 5. The molecule has 0 spiro atoms. The minimum atomic E-state index is -0.991. The predicted molar refractivity (Wildman–Crippen MR) is 120 cm³/mol. The molecule has 170 valence electrons. The van der Waals surface area contributed by atoms with Crippen LogP contribution in [-0.4, -0.2) is 32.3 Å². The first-order valence-corrected chi connectivity index (χ1v) is 11.3. The Bertz CT molecular complexity index is 1200. The molecule has 0 saturated heterocycles. The van der Waals surface area contributed by atoms with Crippen molar-refractivity contribution < 1.29 is 13.6 Å². The summed E-state index contributed by atoms with van der Waals surface area (Å²) in [5.41, 5.74) is 4.68. The van der Waals surface area contributed by atoms with Gasteiger partial charge in [-0.2, -0.15) is 0 Å². The molecule has 5 rings (SSSR count). The van der Waals surface area contributed by atoms with Crippen LogP contribution in [0.2, 0.25) is 0 Å². The first kappa shape index (κ1) is 21.6. The molecular weight excluding hydrogens is 424 g/mol. The summed E-state index contributed by atoms with van der Waals surface area (Å²) in [7, 11) is 0. The third-order valence-corrected chi connectivity index (χ3v) is 6.57. The summed E-state index contributed by atoms with van der Waals surface area (Å²) >= 11 is 0. The zero-order valence-electron chi connectivity index (χ0n) is 18.4. The predicted octanol–water partition coefficient (Wildman–Crippen LogP) is 4.40. The number of nitrogens with zero attached hydrogens (tertiary/aromatic N) is 4. The second-order valence-electron chi connectivity index (χ2n) is 8.63. The van der Waals surface area contributed by atoms with E-state index in [1.807, 2.05) is 0 Å². The van der Waals surface area contributed by atoms with E-state index in [4.69, 9.17) is 4.98 Å². The number of nitrogens with one attached hydrogen (secondary N) is 1. The lowest BCUT2D eigenvalue weighted by Gasteiger charge is -2.35. The highest BCUT2D eigenvalue weighted by Crippen LogP contribution is 2.33. The number of carbonyl (C=O) groups excluding carboxylic acids is 1. The second-order valence-corrected chi connectivity index (χ2v) is 8.63. The average Bonchev–Trinajstić information content (AvgIpc) is 2.84. The van der Waals surface area contributed by atoms with Crippen LogP contribution in [0.5, 0.6) is 0 Å². The highest BCUT2D eigenvalue weighted by Gasteiger charge is 2.31. The van der Waals surface area contributed by atoms with E-state index in [1.54, 1.807) is 18.5 Å². The van der Waals surface area contributed by atoms with Crippen molar-refractivity contribution in [2.45, 2.75) is 51.6 Å². The molecule has 0 fully saturated rings. The first-order chi connectivity index (χ1) is 16.0. The Morgan fingerprint density at radius 2 is 1.79 bits per heavy atom. The first-order valence-electron chi connectivity index (χ1n) is 11.3. The number of benzene rings is 1. The summed E-state index contributed by atoms with van der Waals surface area (Å²) < 4.78 is 27.1. The van der Waals surface area contributed by atoms with Crippen LogP contribution in [0.1, 0.15) is 64.5 Å². The molecule has 1 aliphatic carbocycles. The van der Waals surface area contributed by atoms with Gasteiger partial charge < -0.3 is 5.32 Å². The van der Waals surface area contributed by atoms with Crippen LogP contribution in [0, 0.1) is 11.6 Å². The molecule has 1 amide bonds. The zero-order chi connectivity index (χ0) is 22.9. The highest BCUT2D eigenvalue weighted by molar-refractivity contribution is 6.06. The summed E-state index contributed by atoms with van der Waals surface area (Å²) in [5, 5.41) is 2.79. The fourth-order valence-corrected chi connectivity index (χ4v) is 4.81. The average molecular weight is 450 g/mol. The molecule has 3 heterocycles. The number of anilines is 1. The maximum Gasteiger partial charge on any atom is 0.256 e. The molecule has 1 atom stereocenters. The van der Waals surface area contributed by atoms with E-state index >= 15 is 0 Å². The monoisotopic (exact) mass is 449 g/mol. The van der Waals surface area contributed by atoms with E-state index in [-0.39, 0.29) is 17.6 Å². The molecule has 2 aliphatic rings. The number of fused-ring (bicyclic) bond motifs is 2. The van der Waals surface area contributed by atoms with Crippen LogP contribution in [0.4, 0.5) is 14.5 Å².